The Morgan fingerprint density at radius 3 is 2.75 bits per heavy atom. The number of methoxy groups -OCH3 is 1. The van der Waals surface area contributed by atoms with E-state index in [-0.39, 0.29) is 10.8 Å². The van der Waals surface area contributed by atoms with Gasteiger partial charge in [-0.25, -0.2) is 4.98 Å². The monoisotopic (exact) mass is 357 g/mol. The Hall–Kier alpha value is -1.86. The molecule has 20 heavy (non-hydrogen) atoms. The quantitative estimate of drug-likeness (QED) is 0.504. The zero-order valence-electron chi connectivity index (χ0n) is 10.3. The fraction of sp³-hybridized carbons (Fsp3) is 0.0833. The number of hydrogen-bond acceptors (Lipinski definition) is 5. The van der Waals surface area contributed by atoms with Crippen molar-refractivity contribution in [3.8, 4) is 5.75 Å². The van der Waals surface area contributed by atoms with E-state index in [1.54, 1.807) is 25.3 Å². The molecule has 0 aliphatic rings. The summed E-state index contributed by atoms with van der Waals surface area (Å²) < 4.78 is 5.87. The summed E-state index contributed by atoms with van der Waals surface area (Å²) in [5.41, 5.74) is 0.571. The summed E-state index contributed by atoms with van der Waals surface area (Å²) in [6, 6.07) is 7.79. The molecule has 0 aliphatic carbocycles. The van der Waals surface area contributed by atoms with Gasteiger partial charge in [0.25, 0.3) is 5.69 Å². The van der Waals surface area contributed by atoms with Gasteiger partial charge in [-0.2, -0.15) is 0 Å². The van der Waals surface area contributed by atoms with Gasteiger partial charge in [-0.05, 0) is 34.1 Å². The third-order valence-electron chi connectivity index (χ3n) is 2.41. The highest BCUT2D eigenvalue weighted by molar-refractivity contribution is 9.10. The number of nitro groups is 1. The Balaban J connectivity index is 2.30. The zero-order chi connectivity index (χ0) is 14.7. The van der Waals surface area contributed by atoms with Crippen LogP contribution in [0.15, 0.2) is 34.8 Å². The van der Waals surface area contributed by atoms with Crippen molar-refractivity contribution in [2.24, 2.45) is 0 Å². The highest BCUT2D eigenvalue weighted by Crippen LogP contribution is 2.30. The summed E-state index contributed by atoms with van der Waals surface area (Å²) in [5.74, 6) is 0.974. The predicted molar refractivity (Wildman–Crippen MR) is 79.9 cm³/mol. The van der Waals surface area contributed by atoms with E-state index in [1.165, 1.54) is 12.1 Å². The Bertz CT molecular complexity index is 666. The number of nitrogens with one attached hydrogen (secondary N) is 1. The second-order valence-electron chi connectivity index (χ2n) is 3.76. The molecule has 8 heteroatoms. The summed E-state index contributed by atoms with van der Waals surface area (Å²) in [4.78, 5) is 14.2. The van der Waals surface area contributed by atoms with Crippen molar-refractivity contribution in [2.75, 3.05) is 12.4 Å². The largest absolute Gasteiger partial charge is 0.496 e. The van der Waals surface area contributed by atoms with Crippen LogP contribution in [0.25, 0.3) is 0 Å². The third-order valence-corrected chi connectivity index (χ3v) is 3.23. The highest BCUT2D eigenvalue weighted by atomic mass is 79.9. The third kappa shape index (κ3) is 3.37. The lowest BCUT2D eigenvalue weighted by molar-refractivity contribution is -0.384. The van der Waals surface area contributed by atoms with Crippen molar-refractivity contribution >= 4 is 44.7 Å². The summed E-state index contributed by atoms with van der Waals surface area (Å²) >= 11 is 9.11. The average Bonchev–Trinajstić information content (AvgIpc) is 2.38. The Kier molecular flexibility index (Phi) is 4.41. The molecule has 0 saturated carbocycles. The molecule has 0 radical (unpaired) electrons. The smallest absolute Gasteiger partial charge is 0.276 e. The summed E-state index contributed by atoms with van der Waals surface area (Å²) in [7, 11) is 1.56. The Labute approximate surface area is 128 Å². The number of anilines is 2. The van der Waals surface area contributed by atoms with Gasteiger partial charge in [-0.3, -0.25) is 10.1 Å². The average molecular weight is 359 g/mol. The van der Waals surface area contributed by atoms with E-state index in [9.17, 15) is 10.1 Å². The number of halogens is 2. The van der Waals surface area contributed by atoms with Crippen LogP contribution >= 0.6 is 27.5 Å². The van der Waals surface area contributed by atoms with Crippen LogP contribution in [0.1, 0.15) is 0 Å². The first-order valence-electron chi connectivity index (χ1n) is 5.42. The van der Waals surface area contributed by atoms with Crippen molar-refractivity contribution in [3.05, 3.63) is 50.1 Å². The number of hydrogen-bond donors (Lipinski definition) is 1. The topological polar surface area (TPSA) is 77.3 Å². The van der Waals surface area contributed by atoms with Crippen molar-refractivity contribution in [3.63, 3.8) is 0 Å². The van der Waals surface area contributed by atoms with Gasteiger partial charge in [0.1, 0.15) is 16.7 Å². The molecule has 0 fully saturated rings. The van der Waals surface area contributed by atoms with Crippen LogP contribution in [-0.2, 0) is 0 Å². The fourth-order valence-electron chi connectivity index (χ4n) is 1.54. The molecule has 0 amide bonds. The fourth-order valence-corrected chi connectivity index (χ4v) is 2.29. The van der Waals surface area contributed by atoms with E-state index in [0.29, 0.717) is 17.3 Å². The summed E-state index contributed by atoms with van der Waals surface area (Å²) in [6.07, 6.45) is 0. The molecule has 0 spiro atoms. The zero-order valence-corrected chi connectivity index (χ0v) is 12.6. The maximum atomic E-state index is 10.8. The normalized spacial score (nSPS) is 10.2. The number of benzene rings is 1. The SMILES string of the molecule is COc1ccc(Nc2cc([N+](=O)[O-])cc(Cl)n2)cc1Br. The van der Waals surface area contributed by atoms with Crippen LogP contribution in [0.3, 0.4) is 0 Å². The maximum absolute atomic E-state index is 10.8. The predicted octanol–water partition coefficient (Wildman–Crippen LogP) is 4.16. The van der Waals surface area contributed by atoms with Crippen LogP contribution in [-0.4, -0.2) is 17.0 Å². The summed E-state index contributed by atoms with van der Waals surface area (Å²) in [5, 5.41) is 13.8. The molecule has 0 saturated heterocycles. The molecule has 2 rings (SSSR count). The number of pyridine rings is 1. The van der Waals surface area contributed by atoms with Crippen molar-refractivity contribution in [2.45, 2.75) is 0 Å². The lowest BCUT2D eigenvalue weighted by atomic mass is 10.3. The van der Waals surface area contributed by atoms with Gasteiger partial charge in [0.05, 0.1) is 28.6 Å². The molecule has 2 aromatic rings. The molecule has 1 N–H and O–H groups in total. The Morgan fingerprint density at radius 1 is 1.40 bits per heavy atom. The van der Waals surface area contributed by atoms with Gasteiger partial charge in [0.2, 0.25) is 0 Å². The van der Waals surface area contributed by atoms with E-state index in [0.717, 1.165) is 4.47 Å². The van der Waals surface area contributed by atoms with Gasteiger partial charge in [0.15, 0.2) is 0 Å². The van der Waals surface area contributed by atoms with Gasteiger partial charge in [-0.1, -0.05) is 11.6 Å². The number of ether oxygens (including phenoxy) is 1. The Morgan fingerprint density at radius 2 is 2.15 bits per heavy atom. The lowest BCUT2D eigenvalue weighted by Gasteiger charge is -2.08. The van der Waals surface area contributed by atoms with Crippen LogP contribution in [0.2, 0.25) is 5.15 Å². The minimum absolute atomic E-state index is 0.0503. The number of nitrogens with zero attached hydrogens (tertiary/aromatic N) is 2. The first-order valence-corrected chi connectivity index (χ1v) is 6.59. The van der Waals surface area contributed by atoms with E-state index in [1.807, 2.05) is 0 Å². The van der Waals surface area contributed by atoms with Gasteiger partial charge in [0, 0.05) is 5.69 Å². The molecular weight excluding hydrogens is 350 g/mol. The second-order valence-corrected chi connectivity index (χ2v) is 5.01. The molecular formula is C12H9BrClN3O3. The lowest BCUT2D eigenvalue weighted by Crippen LogP contribution is -1.97. The molecule has 1 aromatic heterocycles. The van der Waals surface area contributed by atoms with E-state index < -0.39 is 4.92 Å². The first kappa shape index (κ1) is 14.5. The van der Waals surface area contributed by atoms with E-state index in [4.69, 9.17) is 16.3 Å². The molecule has 0 aliphatic heterocycles. The van der Waals surface area contributed by atoms with Gasteiger partial charge in [-0.15, -0.1) is 0 Å². The molecule has 0 unspecified atom stereocenters. The molecule has 1 aromatic carbocycles. The summed E-state index contributed by atoms with van der Waals surface area (Å²) in [6.45, 7) is 0. The van der Waals surface area contributed by atoms with Crippen LogP contribution in [0, 0.1) is 10.1 Å². The second kappa shape index (κ2) is 6.06. The maximum Gasteiger partial charge on any atom is 0.276 e. The number of rotatable bonds is 4. The molecule has 6 nitrogen and oxygen atoms in total. The minimum atomic E-state index is -0.525. The van der Waals surface area contributed by atoms with Crippen LogP contribution < -0.4 is 10.1 Å². The van der Waals surface area contributed by atoms with Crippen molar-refractivity contribution in [1.29, 1.82) is 0 Å². The molecule has 104 valence electrons. The van der Waals surface area contributed by atoms with Crippen molar-refractivity contribution < 1.29 is 9.66 Å². The van der Waals surface area contributed by atoms with Gasteiger partial charge < -0.3 is 10.1 Å². The van der Waals surface area contributed by atoms with Gasteiger partial charge >= 0.3 is 0 Å². The molecule has 1 heterocycles. The molecule has 0 bridgehead atoms. The molecule has 0 atom stereocenters. The highest BCUT2D eigenvalue weighted by Gasteiger charge is 2.11. The van der Waals surface area contributed by atoms with E-state index >= 15 is 0 Å². The van der Waals surface area contributed by atoms with Crippen LogP contribution in [0.5, 0.6) is 5.75 Å². The minimum Gasteiger partial charge on any atom is -0.496 e. The van der Waals surface area contributed by atoms with E-state index in [2.05, 4.69) is 26.2 Å². The first-order chi connectivity index (χ1) is 9.49. The standard InChI is InChI=1S/C12H9BrClN3O3/c1-20-10-3-2-7(4-9(10)13)15-12-6-8(17(18)19)5-11(14)16-12/h2-6H,1H3,(H,15,16). The van der Waals surface area contributed by atoms with Crippen LogP contribution in [0.4, 0.5) is 17.2 Å². The number of aromatic nitrogens is 1. The van der Waals surface area contributed by atoms with Crippen molar-refractivity contribution in [1.82, 2.24) is 4.98 Å².